The van der Waals surface area contributed by atoms with Crippen molar-refractivity contribution in [3.05, 3.63) is 57.3 Å². The lowest BCUT2D eigenvalue weighted by Gasteiger charge is -2.38. The zero-order valence-corrected chi connectivity index (χ0v) is 20.4. The van der Waals surface area contributed by atoms with E-state index in [1.54, 1.807) is 25.4 Å². The highest BCUT2D eigenvalue weighted by Crippen LogP contribution is 2.39. The Hall–Kier alpha value is -2.71. The van der Waals surface area contributed by atoms with Crippen LogP contribution in [0.3, 0.4) is 0 Å². The van der Waals surface area contributed by atoms with Gasteiger partial charge in [0.05, 0.1) is 32.2 Å². The molecule has 1 aromatic carbocycles. The number of rotatable bonds is 10. The predicted molar refractivity (Wildman–Crippen MR) is 127 cm³/mol. The van der Waals surface area contributed by atoms with E-state index in [9.17, 15) is 14.4 Å². The van der Waals surface area contributed by atoms with Crippen LogP contribution >= 0.6 is 11.3 Å². The first-order valence-corrected chi connectivity index (χ1v) is 12.2. The number of hydrogen-bond donors (Lipinski definition) is 0. The Balaban J connectivity index is 1.79. The van der Waals surface area contributed by atoms with Crippen LogP contribution in [-0.2, 0) is 30.3 Å². The van der Waals surface area contributed by atoms with Crippen molar-refractivity contribution in [2.45, 2.75) is 39.2 Å². The Labute approximate surface area is 199 Å². The molecular weight excluding hydrogens is 440 g/mol. The van der Waals surface area contributed by atoms with Gasteiger partial charge in [0.15, 0.2) is 0 Å². The number of hydrogen-bond acceptors (Lipinski definition) is 6. The van der Waals surface area contributed by atoms with Crippen molar-refractivity contribution < 1.29 is 23.9 Å². The Bertz CT molecular complexity index is 973. The molecule has 2 aromatic rings. The van der Waals surface area contributed by atoms with Crippen molar-refractivity contribution in [1.82, 2.24) is 9.80 Å². The summed E-state index contributed by atoms with van der Waals surface area (Å²) in [5.74, 6) is -0.778. The summed E-state index contributed by atoms with van der Waals surface area (Å²) in [6, 6.07) is 10.0. The second kappa shape index (κ2) is 12.0. The summed E-state index contributed by atoms with van der Waals surface area (Å²) in [5.41, 5.74) is 3.38. The molecule has 0 N–H and O–H groups in total. The molecule has 8 heteroatoms. The largest absolute Gasteiger partial charge is 0.466 e. The average Bonchev–Trinajstić information content (AvgIpc) is 3.29. The van der Waals surface area contributed by atoms with Gasteiger partial charge in [0.25, 0.3) is 0 Å². The van der Waals surface area contributed by atoms with Gasteiger partial charge in [-0.1, -0.05) is 24.3 Å². The van der Waals surface area contributed by atoms with Gasteiger partial charge in [-0.05, 0) is 48.4 Å². The van der Waals surface area contributed by atoms with Gasteiger partial charge in [-0.2, -0.15) is 0 Å². The molecule has 3 rings (SSSR count). The predicted octanol–water partition coefficient (Wildman–Crippen LogP) is 3.35. The van der Waals surface area contributed by atoms with Crippen molar-refractivity contribution >= 4 is 29.1 Å². The maximum absolute atomic E-state index is 13.5. The van der Waals surface area contributed by atoms with E-state index in [-0.39, 0.29) is 50.4 Å². The van der Waals surface area contributed by atoms with Crippen LogP contribution < -0.4 is 0 Å². The van der Waals surface area contributed by atoms with E-state index in [2.05, 4.69) is 30.5 Å². The monoisotopic (exact) mass is 472 g/mol. The van der Waals surface area contributed by atoms with Crippen LogP contribution in [0.4, 0.5) is 0 Å². The van der Waals surface area contributed by atoms with E-state index in [0.29, 0.717) is 13.2 Å². The third-order valence-electron chi connectivity index (χ3n) is 5.86. The number of aryl methyl sites for hydroxylation is 1. The van der Waals surface area contributed by atoms with E-state index in [1.165, 1.54) is 9.78 Å². The molecule has 7 nitrogen and oxygen atoms in total. The fraction of sp³-hybridized carbons (Fsp3) is 0.480. The third kappa shape index (κ3) is 6.21. The van der Waals surface area contributed by atoms with Gasteiger partial charge in [-0.3, -0.25) is 14.4 Å². The first-order chi connectivity index (χ1) is 16.0. The summed E-state index contributed by atoms with van der Waals surface area (Å²) in [7, 11) is 1.56. The highest BCUT2D eigenvalue weighted by molar-refractivity contribution is 7.10. The molecule has 33 heavy (non-hydrogen) atoms. The Morgan fingerprint density at radius 2 is 1.94 bits per heavy atom. The summed E-state index contributed by atoms with van der Waals surface area (Å²) >= 11 is 1.72. The number of benzene rings is 1. The quantitative estimate of drug-likeness (QED) is 0.496. The molecule has 1 atom stereocenters. The number of amides is 2. The highest BCUT2D eigenvalue weighted by atomic mass is 32.1. The SMILES string of the molecule is CCOC(=O)CCC(=O)N(CCOC)CC(=O)N1CCc2sccc2C1c1ccccc1C. The summed E-state index contributed by atoms with van der Waals surface area (Å²) < 4.78 is 10.1. The van der Waals surface area contributed by atoms with E-state index in [1.807, 2.05) is 17.0 Å². The van der Waals surface area contributed by atoms with Crippen LogP contribution in [0.2, 0.25) is 0 Å². The molecule has 0 saturated heterocycles. The minimum absolute atomic E-state index is 0.00183. The Kier molecular flexibility index (Phi) is 9.03. The number of ether oxygens (including phenoxy) is 2. The highest BCUT2D eigenvalue weighted by Gasteiger charge is 2.34. The van der Waals surface area contributed by atoms with E-state index in [4.69, 9.17) is 9.47 Å². The van der Waals surface area contributed by atoms with Crippen molar-refractivity contribution in [2.24, 2.45) is 0 Å². The molecule has 1 aromatic heterocycles. The van der Waals surface area contributed by atoms with Crippen molar-refractivity contribution in [3.63, 3.8) is 0 Å². The number of carbonyl (C=O) groups excluding carboxylic acids is 3. The zero-order chi connectivity index (χ0) is 23.8. The van der Waals surface area contributed by atoms with Gasteiger partial charge in [0.1, 0.15) is 0 Å². The van der Waals surface area contributed by atoms with Crippen LogP contribution in [0, 0.1) is 6.92 Å². The lowest BCUT2D eigenvalue weighted by atomic mass is 9.90. The molecule has 0 radical (unpaired) electrons. The second-order valence-electron chi connectivity index (χ2n) is 8.01. The molecule has 1 unspecified atom stereocenters. The Morgan fingerprint density at radius 1 is 1.15 bits per heavy atom. The normalized spacial score (nSPS) is 15.1. The molecule has 0 aliphatic carbocycles. The Morgan fingerprint density at radius 3 is 2.67 bits per heavy atom. The summed E-state index contributed by atoms with van der Waals surface area (Å²) in [6.45, 7) is 5.21. The fourth-order valence-corrected chi connectivity index (χ4v) is 5.07. The van der Waals surface area contributed by atoms with Gasteiger partial charge in [0, 0.05) is 31.5 Å². The topological polar surface area (TPSA) is 76.1 Å². The molecule has 0 saturated carbocycles. The van der Waals surface area contributed by atoms with Crippen LogP contribution in [0.25, 0.3) is 0 Å². The molecule has 0 spiro atoms. The van der Waals surface area contributed by atoms with Gasteiger partial charge in [-0.25, -0.2) is 0 Å². The lowest BCUT2D eigenvalue weighted by Crippen LogP contribution is -2.47. The minimum atomic E-state index is -0.412. The van der Waals surface area contributed by atoms with Crippen LogP contribution in [-0.4, -0.2) is 67.5 Å². The van der Waals surface area contributed by atoms with Gasteiger partial charge in [-0.15, -0.1) is 11.3 Å². The van der Waals surface area contributed by atoms with Gasteiger partial charge >= 0.3 is 5.97 Å². The number of nitrogens with zero attached hydrogens (tertiary/aromatic N) is 2. The fourth-order valence-electron chi connectivity index (χ4n) is 4.16. The van der Waals surface area contributed by atoms with Gasteiger partial charge < -0.3 is 19.3 Å². The van der Waals surface area contributed by atoms with Crippen molar-refractivity contribution in [2.75, 3.05) is 40.0 Å². The molecule has 1 aliphatic rings. The third-order valence-corrected chi connectivity index (χ3v) is 6.86. The molecule has 0 fully saturated rings. The summed E-state index contributed by atoms with van der Waals surface area (Å²) in [6.07, 6.45) is 0.805. The number of thiophene rings is 1. The molecule has 2 heterocycles. The van der Waals surface area contributed by atoms with Crippen molar-refractivity contribution in [1.29, 1.82) is 0 Å². The van der Waals surface area contributed by atoms with Crippen LogP contribution in [0.15, 0.2) is 35.7 Å². The number of carbonyl (C=O) groups is 3. The zero-order valence-electron chi connectivity index (χ0n) is 19.5. The molecule has 1 aliphatic heterocycles. The van der Waals surface area contributed by atoms with Crippen LogP contribution in [0.5, 0.6) is 0 Å². The summed E-state index contributed by atoms with van der Waals surface area (Å²) in [5, 5.41) is 2.08. The first-order valence-electron chi connectivity index (χ1n) is 11.3. The maximum Gasteiger partial charge on any atom is 0.306 e. The number of fused-ring (bicyclic) bond motifs is 1. The number of esters is 1. The van der Waals surface area contributed by atoms with E-state index >= 15 is 0 Å². The first kappa shape index (κ1) is 24.9. The van der Waals surface area contributed by atoms with E-state index < -0.39 is 5.97 Å². The number of methoxy groups -OCH3 is 1. The minimum Gasteiger partial charge on any atom is -0.466 e. The summed E-state index contributed by atoms with van der Waals surface area (Å²) in [4.78, 5) is 42.7. The standard InChI is InChI=1S/C25H32N2O5S/c1-4-32-24(30)10-9-22(28)26(14-15-31-3)17-23(29)27-13-11-21-20(12-16-33-21)25(27)19-8-6-5-7-18(19)2/h5-8,12,16,25H,4,9-11,13-15,17H2,1-3H3. The smallest absolute Gasteiger partial charge is 0.306 e. The lowest BCUT2D eigenvalue weighted by molar-refractivity contribution is -0.147. The maximum atomic E-state index is 13.5. The second-order valence-corrected chi connectivity index (χ2v) is 9.01. The molecule has 2 amide bonds. The van der Waals surface area contributed by atoms with Crippen molar-refractivity contribution in [3.8, 4) is 0 Å². The molecule has 178 valence electrons. The van der Waals surface area contributed by atoms with E-state index in [0.717, 1.165) is 23.1 Å². The van der Waals surface area contributed by atoms with Crippen LogP contribution in [0.1, 0.15) is 47.4 Å². The average molecular weight is 473 g/mol. The molecule has 0 bridgehead atoms. The van der Waals surface area contributed by atoms with Gasteiger partial charge in [0.2, 0.25) is 11.8 Å². The molecular formula is C25H32N2O5S.